The number of hydrogen-bond donors (Lipinski definition) is 1. The molecule has 0 radical (unpaired) electrons. The molecule has 1 aliphatic rings. The summed E-state index contributed by atoms with van der Waals surface area (Å²) in [5, 5.41) is 8.39. The van der Waals surface area contributed by atoms with Crippen molar-refractivity contribution in [2.45, 2.75) is 52.1 Å². The molecular weight excluding hydrogens is 315 g/mol. The number of halogens is 1. The fraction of sp³-hybridized carbons (Fsp3) is 0.818. The Morgan fingerprint density at radius 3 is 2.88 bits per heavy atom. The zero-order valence-corrected chi connectivity index (χ0v) is 12.1. The van der Waals surface area contributed by atoms with Gasteiger partial charge in [-0.05, 0) is 47.3 Å². The van der Waals surface area contributed by atoms with Gasteiger partial charge in [-0.2, -0.15) is 0 Å². The molecule has 90 valence electrons. The molecule has 0 bridgehead atoms. The minimum atomic E-state index is 0.431. The minimum Gasteiger partial charge on any atom is -0.325 e. The SMILES string of the molecule is CC1(C)CCCC(n2nnc(CN)c2I)C1. The molecule has 1 saturated carbocycles. The van der Waals surface area contributed by atoms with Crippen molar-refractivity contribution in [2.75, 3.05) is 0 Å². The Morgan fingerprint density at radius 1 is 1.56 bits per heavy atom. The van der Waals surface area contributed by atoms with Gasteiger partial charge in [0.2, 0.25) is 0 Å². The van der Waals surface area contributed by atoms with E-state index in [1.54, 1.807) is 0 Å². The molecule has 0 aromatic carbocycles. The van der Waals surface area contributed by atoms with Gasteiger partial charge in [-0.3, -0.25) is 0 Å². The van der Waals surface area contributed by atoms with Crippen LogP contribution in [0.4, 0.5) is 0 Å². The van der Waals surface area contributed by atoms with E-state index in [1.807, 2.05) is 0 Å². The van der Waals surface area contributed by atoms with E-state index in [0.29, 0.717) is 18.0 Å². The number of nitrogens with two attached hydrogens (primary N) is 1. The van der Waals surface area contributed by atoms with Crippen LogP contribution in [0.15, 0.2) is 0 Å². The third-order valence-electron chi connectivity index (χ3n) is 3.42. The summed E-state index contributed by atoms with van der Waals surface area (Å²) in [6.07, 6.45) is 5.01. The highest BCUT2D eigenvalue weighted by molar-refractivity contribution is 14.1. The molecule has 1 atom stereocenters. The van der Waals surface area contributed by atoms with Crippen LogP contribution in [0.25, 0.3) is 0 Å². The molecule has 1 aliphatic carbocycles. The fourth-order valence-corrected chi connectivity index (χ4v) is 3.36. The molecule has 2 N–H and O–H groups in total. The molecule has 0 saturated heterocycles. The van der Waals surface area contributed by atoms with Crippen LogP contribution >= 0.6 is 22.6 Å². The van der Waals surface area contributed by atoms with Crippen LogP contribution in [0.5, 0.6) is 0 Å². The van der Waals surface area contributed by atoms with Crippen LogP contribution in [0.1, 0.15) is 51.3 Å². The van der Waals surface area contributed by atoms with Crippen molar-refractivity contribution < 1.29 is 0 Å². The second-order valence-electron chi connectivity index (χ2n) is 5.39. The molecule has 1 fully saturated rings. The third kappa shape index (κ3) is 2.40. The summed E-state index contributed by atoms with van der Waals surface area (Å²) in [4.78, 5) is 0. The molecule has 0 spiro atoms. The van der Waals surface area contributed by atoms with Crippen LogP contribution in [0.3, 0.4) is 0 Å². The molecule has 1 unspecified atom stereocenters. The molecule has 1 aromatic rings. The standard InChI is InChI=1S/C11H19IN4/c1-11(2)5-3-4-8(6-11)16-10(12)9(7-13)14-15-16/h8H,3-7,13H2,1-2H3. The maximum Gasteiger partial charge on any atom is 0.124 e. The van der Waals surface area contributed by atoms with Gasteiger partial charge in [0.25, 0.3) is 0 Å². The Labute approximate surface area is 110 Å². The van der Waals surface area contributed by atoms with E-state index < -0.39 is 0 Å². The summed E-state index contributed by atoms with van der Waals surface area (Å²) in [5.74, 6) is 0. The van der Waals surface area contributed by atoms with Crippen LogP contribution in [-0.4, -0.2) is 15.0 Å². The Hall–Kier alpha value is -0.170. The number of rotatable bonds is 2. The van der Waals surface area contributed by atoms with E-state index in [1.165, 1.54) is 25.7 Å². The first kappa shape index (κ1) is 12.3. The molecule has 5 heteroatoms. The predicted octanol–water partition coefficient (Wildman–Crippen LogP) is 2.48. The number of hydrogen-bond acceptors (Lipinski definition) is 3. The predicted molar refractivity (Wildman–Crippen MR) is 71.9 cm³/mol. The van der Waals surface area contributed by atoms with Gasteiger partial charge in [0.15, 0.2) is 0 Å². The largest absolute Gasteiger partial charge is 0.325 e. The highest BCUT2D eigenvalue weighted by atomic mass is 127. The molecular formula is C11H19IN4. The molecule has 16 heavy (non-hydrogen) atoms. The van der Waals surface area contributed by atoms with E-state index in [9.17, 15) is 0 Å². The Morgan fingerprint density at radius 2 is 2.31 bits per heavy atom. The lowest BCUT2D eigenvalue weighted by Gasteiger charge is -2.35. The molecule has 1 aromatic heterocycles. The first-order chi connectivity index (χ1) is 7.53. The van der Waals surface area contributed by atoms with Gasteiger partial charge < -0.3 is 5.73 Å². The van der Waals surface area contributed by atoms with Gasteiger partial charge in [0.05, 0.1) is 6.04 Å². The summed E-state index contributed by atoms with van der Waals surface area (Å²) < 4.78 is 3.19. The quantitative estimate of drug-likeness (QED) is 0.846. The topological polar surface area (TPSA) is 56.7 Å². The van der Waals surface area contributed by atoms with Crippen molar-refractivity contribution in [2.24, 2.45) is 11.1 Å². The smallest absolute Gasteiger partial charge is 0.124 e. The molecule has 1 heterocycles. The summed E-state index contributed by atoms with van der Waals surface area (Å²) in [6, 6.07) is 0.503. The van der Waals surface area contributed by atoms with Crippen LogP contribution < -0.4 is 5.73 Å². The van der Waals surface area contributed by atoms with Crippen molar-refractivity contribution >= 4 is 22.6 Å². The zero-order chi connectivity index (χ0) is 11.8. The van der Waals surface area contributed by atoms with E-state index in [4.69, 9.17) is 5.73 Å². The van der Waals surface area contributed by atoms with Gasteiger partial charge in [-0.15, -0.1) is 5.10 Å². The van der Waals surface area contributed by atoms with E-state index in [-0.39, 0.29) is 0 Å². The number of nitrogens with zero attached hydrogens (tertiary/aromatic N) is 3. The van der Waals surface area contributed by atoms with Gasteiger partial charge in [0.1, 0.15) is 9.39 Å². The first-order valence-electron chi connectivity index (χ1n) is 5.83. The van der Waals surface area contributed by atoms with E-state index >= 15 is 0 Å². The maximum atomic E-state index is 5.63. The number of aromatic nitrogens is 3. The summed E-state index contributed by atoms with van der Waals surface area (Å²) in [5.41, 5.74) is 6.98. The minimum absolute atomic E-state index is 0.431. The monoisotopic (exact) mass is 334 g/mol. The van der Waals surface area contributed by atoms with Crippen LogP contribution in [0, 0.1) is 9.12 Å². The summed E-state index contributed by atoms with van der Waals surface area (Å²) >= 11 is 2.31. The Kier molecular flexibility index (Phi) is 3.53. The van der Waals surface area contributed by atoms with Crippen molar-refractivity contribution in [3.63, 3.8) is 0 Å². The maximum absolute atomic E-state index is 5.63. The Balaban J connectivity index is 2.20. The summed E-state index contributed by atoms with van der Waals surface area (Å²) in [7, 11) is 0. The zero-order valence-electron chi connectivity index (χ0n) is 9.91. The van der Waals surface area contributed by atoms with Crippen LogP contribution in [-0.2, 0) is 6.54 Å². The van der Waals surface area contributed by atoms with E-state index in [0.717, 1.165) is 9.39 Å². The van der Waals surface area contributed by atoms with Gasteiger partial charge in [-0.1, -0.05) is 25.5 Å². The average molecular weight is 334 g/mol. The molecule has 0 amide bonds. The second kappa shape index (κ2) is 4.60. The molecule has 0 aliphatic heterocycles. The average Bonchev–Trinajstić information content (AvgIpc) is 2.58. The fourth-order valence-electron chi connectivity index (χ4n) is 2.54. The van der Waals surface area contributed by atoms with Gasteiger partial charge >= 0.3 is 0 Å². The summed E-state index contributed by atoms with van der Waals surface area (Å²) in [6.45, 7) is 5.16. The Bertz CT molecular complexity index is 372. The van der Waals surface area contributed by atoms with Crippen molar-refractivity contribution in [3.8, 4) is 0 Å². The van der Waals surface area contributed by atoms with Gasteiger partial charge in [0, 0.05) is 6.54 Å². The van der Waals surface area contributed by atoms with Crippen LogP contribution in [0.2, 0.25) is 0 Å². The molecule has 2 rings (SSSR count). The highest BCUT2D eigenvalue weighted by Gasteiger charge is 2.30. The molecule has 4 nitrogen and oxygen atoms in total. The normalized spacial score (nSPS) is 24.6. The van der Waals surface area contributed by atoms with E-state index in [2.05, 4.69) is 51.4 Å². The highest BCUT2D eigenvalue weighted by Crippen LogP contribution is 2.41. The van der Waals surface area contributed by atoms with Crippen molar-refractivity contribution in [1.82, 2.24) is 15.0 Å². The lowest BCUT2D eigenvalue weighted by Crippen LogP contribution is -2.26. The lowest BCUT2D eigenvalue weighted by atomic mass is 9.75. The first-order valence-corrected chi connectivity index (χ1v) is 6.91. The van der Waals surface area contributed by atoms with Crippen molar-refractivity contribution in [3.05, 3.63) is 9.39 Å². The van der Waals surface area contributed by atoms with Crippen molar-refractivity contribution in [1.29, 1.82) is 0 Å². The third-order valence-corrected chi connectivity index (χ3v) is 4.54. The lowest BCUT2D eigenvalue weighted by molar-refractivity contribution is 0.171. The second-order valence-corrected chi connectivity index (χ2v) is 6.41. The van der Waals surface area contributed by atoms with Gasteiger partial charge in [-0.25, -0.2) is 4.68 Å².